The smallest absolute Gasteiger partial charge is 0.249 e. The Labute approximate surface area is 241 Å². The molecule has 18 N–H and O–H groups in total. The zero-order valence-electron chi connectivity index (χ0n) is 22.9. The lowest BCUT2D eigenvalue weighted by Gasteiger charge is -2.48. The SMILES string of the molecule is N=C(N)NC1C(O)C(CO)OC(OC2C(NC(=O)[C@@H](O)CCN)CC(N)C(OC3OC(CN)[C@@H](O)C[C@@H]3N)C2F)C1O. The molecule has 0 aromatic rings. The van der Waals surface area contributed by atoms with E-state index in [1.807, 2.05) is 0 Å². The predicted molar refractivity (Wildman–Crippen MR) is 142 cm³/mol. The van der Waals surface area contributed by atoms with E-state index < -0.39 is 110 Å². The number of aliphatic hydroxyl groups is 5. The average molecular weight is 613 g/mol. The van der Waals surface area contributed by atoms with Crippen LogP contribution in [0.4, 0.5) is 4.39 Å². The number of amides is 1. The first-order chi connectivity index (χ1) is 19.8. The van der Waals surface area contributed by atoms with E-state index in [9.17, 15) is 30.3 Å². The van der Waals surface area contributed by atoms with Crippen molar-refractivity contribution in [1.82, 2.24) is 10.6 Å². The van der Waals surface area contributed by atoms with Crippen LogP contribution in [0.15, 0.2) is 0 Å². The van der Waals surface area contributed by atoms with Crippen LogP contribution in [0.2, 0.25) is 0 Å². The van der Waals surface area contributed by atoms with Crippen molar-refractivity contribution in [2.45, 2.75) is 111 Å². The minimum atomic E-state index is -2.13. The second-order valence-corrected chi connectivity index (χ2v) is 10.8. The zero-order chi connectivity index (χ0) is 31.3. The van der Waals surface area contributed by atoms with Crippen molar-refractivity contribution in [3.05, 3.63) is 0 Å². The molecule has 1 aliphatic carbocycles. The summed E-state index contributed by atoms with van der Waals surface area (Å²) in [6.45, 7) is -0.794. The van der Waals surface area contributed by atoms with Crippen LogP contribution in [-0.4, -0.2) is 149 Å². The second kappa shape index (κ2) is 15.2. The maximum absolute atomic E-state index is 16.4. The maximum atomic E-state index is 16.4. The number of alkyl halides is 1. The van der Waals surface area contributed by atoms with Crippen LogP contribution in [0.3, 0.4) is 0 Å². The van der Waals surface area contributed by atoms with Gasteiger partial charge in [-0.15, -0.1) is 0 Å². The van der Waals surface area contributed by atoms with E-state index in [1.165, 1.54) is 0 Å². The minimum absolute atomic E-state index is 0.00198. The Balaban J connectivity index is 1.87. The van der Waals surface area contributed by atoms with Crippen molar-refractivity contribution in [2.75, 3.05) is 19.7 Å². The third-order valence-corrected chi connectivity index (χ3v) is 7.67. The fourth-order valence-electron chi connectivity index (χ4n) is 5.37. The van der Waals surface area contributed by atoms with Crippen LogP contribution in [-0.2, 0) is 23.7 Å². The lowest BCUT2D eigenvalue weighted by atomic mass is 9.84. The van der Waals surface area contributed by atoms with Crippen molar-refractivity contribution >= 4 is 11.9 Å². The summed E-state index contributed by atoms with van der Waals surface area (Å²) in [7, 11) is 0. The summed E-state index contributed by atoms with van der Waals surface area (Å²) < 4.78 is 39.2. The Hall–Kier alpha value is -1.85. The molecule has 0 radical (unpaired) electrons. The Morgan fingerprint density at radius 2 is 1.64 bits per heavy atom. The first-order valence-corrected chi connectivity index (χ1v) is 13.7. The van der Waals surface area contributed by atoms with Gasteiger partial charge in [0.15, 0.2) is 24.7 Å². The van der Waals surface area contributed by atoms with Crippen LogP contribution < -0.4 is 39.3 Å². The number of ether oxygens (including phenoxy) is 4. The van der Waals surface area contributed by atoms with E-state index >= 15 is 4.39 Å². The minimum Gasteiger partial charge on any atom is -0.394 e. The number of hydrogen-bond donors (Lipinski definition) is 13. The van der Waals surface area contributed by atoms with Crippen LogP contribution in [0.1, 0.15) is 19.3 Å². The number of nitrogens with two attached hydrogens (primary N) is 5. The molecule has 2 saturated heterocycles. The van der Waals surface area contributed by atoms with E-state index in [2.05, 4.69) is 10.6 Å². The van der Waals surface area contributed by atoms with Crippen molar-refractivity contribution in [2.24, 2.45) is 28.7 Å². The van der Waals surface area contributed by atoms with Crippen LogP contribution in [0.25, 0.3) is 0 Å². The van der Waals surface area contributed by atoms with Gasteiger partial charge in [0.1, 0.15) is 36.6 Å². The molecule has 2 heterocycles. The van der Waals surface area contributed by atoms with Crippen LogP contribution in [0.5, 0.6) is 0 Å². The summed E-state index contributed by atoms with van der Waals surface area (Å²) in [5.74, 6) is -1.49. The van der Waals surface area contributed by atoms with Crippen molar-refractivity contribution in [3.8, 4) is 0 Å². The molecule has 15 atom stereocenters. The third kappa shape index (κ3) is 8.00. The highest BCUT2D eigenvalue weighted by Gasteiger charge is 2.52. The van der Waals surface area contributed by atoms with Crippen molar-refractivity contribution in [3.63, 3.8) is 0 Å². The van der Waals surface area contributed by atoms with Gasteiger partial charge in [-0.1, -0.05) is 0 Å². The fourth-order valence-corrected chi connectivity index (χ4v) is 5.37. The number of guanidine groups is 1. The average Bonchev–Trinajstić information content (AvgIpc) is 2.93. The van der Waals surface area contributed by atoms with Gasteiger partial charge in [-0.25, -0.2) is 4.39 Å². The number of aliphatic hydroxyl groups excluding tert-OH is 5. The summed E-state index contributed by atoms with van der Waals surface area (Å²) in [6, 6.07) is -4.47. The molecule has 3 fully saturated rings. The van der Waals surface area contributed by atoms with E-state index in [1.54, 1.807) is 0 Å². The van der Waals surface area contributed by atoms with Crippen LogP contribution >= 0.6 is 0 Å². The third-order valence-electron chi connectivity index (χ3n) is 7.67. The summed E-state index contributed by atoms with van der Waals surface area (Å²) >= 11 is 0. The molecule has 3 aliphatic rings. The van der Waals surface area contributed by atoms with Crippen molar-refractivity contribution in [1.29, 1.82) is 5.41 Å². The molecular weight excluding hydrogens is 567 g/mol. The topological polar surface area (TPSA) is 333 Å². The molecule has 19 heteroatoms. The Bertz CT molecular complexity index is 900. The summed E-state index contributed by atoms with van der Waals surface area (Å²) in [4.78, 5) is 12.6. The lowest BCUT2D eigenvalue weighted by molar-refractivity contribution is -0.311. The van der Waals surface area contributed by atoms with E-state index in [4.69, 9.17) is 53.0 Å². The first kappa shape index (κ1) is 34.6. The highest BCUT2D eigenvalue weighted by molar-refractivity contribution is 5.80. The van der Waals surface area contributed by atoms with E-state index in [0.717, 1.165) is 0 Å². The molecule has 0 spiro atoms. The Kier molecular flexibility index (Phi) is 12.6. The van der Waals surface area contributed by atoms with Gasteiger partial charge < -0.3 is 83.8 Å². The highest BCUT2D eigenvalue weighted by Crippen LogP contribution is 2.33. The van der Waals surface area contributed by atoms with Gasteiger partial charge in [0.2, 0.25) is 5.91 Å². The van der Waals surface area contributed by atoms with Crippen LogP contribution in [0, 0.1) is 5.41 Å². The number of nitrogens with one attached hydrogen (secondary N) is 3. The molecule has 244 valence electrons. The standard InChI is InChI=1S/C23H45FN8O10/c24-14-18(41-21-8(28)4-11(35)12(5-26)39-21)7(27)3-9(31-20(38)10(34)1-2-25)19(14)42-22-17(37)15(32-23(29)30)16(36)13(6-33)40-22/h7-19,21-22,33-37H,1-6,25-28H2,(H,31,38)(H4,29,30,32)/t7?,8-,9?,10-,11-,12?,13?,14?,15?,16?,17?,18?,19?,21?,22?/m0/s1. The monoisotopic (exact) mass is 612 g/mol. The molecule has 0 aromatic heterocycles. The molecule has 18 nitrogen and oxygen atoms in total. The van der Waals surface area contributed by atoms with Gasteiger partial charge >= 0.3 is 0 Å². The van der Waals surface area contributed by atoms with Gasteiger partial charge in [-0.2, -0.15) is 0 Å². The normalized spacial score (nSPS) is 43.4. The zero-order valence-corrected chi connectivity index (χ0v) is 22.9. The summed E-state index contributed by atoms with van der Waals surface area (Å²) in [6.07, 6.45) is -16.2. The molecule has 3 rings (SSSR count). The summed E-state index contributed by atoms with van der Waals surface area (Å²) in [5, 5.41) is 63.7. The van der Waals surface area contributed by atoms with Gasteiger partial charge in [0.25, 0.3) is 0 Å². The molecule has 1 saturated carbocycles. The first-order valence-electron chi connectivity index (χ1n) is 13.7. The van der Waals surface area contributed by atoms with Gasteiger partial charge in [-0.05, 0) is 25.8 Å². The number of rotatable bonds is 11. The van der Waals surface area contributed by atoms with Gasteiger partial charge in [-0.3, -0.25) is 10.2 Å². The molecule has 0 bridgehead atoms. The van der Waals surface area contributed by atoms with E-state index in [-0.39, 0.29) is 32.4 Å². The Morgan fingerprint density at radius 1 is 1.00 bits per heavy atom. The number of carbonyl (C=O) groups excluding carboxylic acids is 1. The number of carbonyl (C=O) groups is 1. The summed E-state index contributed by atoms with van der Waals surface area (Å²) in [5.41, 5.74) is 28.8. The molecule has 2 aliphatic heterocycles. The lowest BCUT2D eigenvalue weighted by Crippen LogP contribution is -2.69. The maximum Gasteiger partial charge on any atom is 0.249 e. The molecule has 42 heavy (non-hydrogen) atoms. The fraction of sp³-hybridized carbons (Fsp3) is 0.913. The van der Waals surface area contributed by atoms with Gasteiger partial charge in [0, 0.05) is 12.6 Å². The quantitative estimate of drug-likeness (QED) is 0.0761. The molecule has 0 aromatic carbocycles. The number of halogens is 1. The van der Waals surface area contributed by atoms with Crippen molar-refractivity contribution < 1.29 is 53.7 Å². The highest BCUT2D eigenvalue weighted by atomic mass is 19.1. The Morgan fingerprint density at radius 3 is 2.24 bits per heavy atom. The van der Waals surface area contributed by atoms with E-state index in [0.29, 0.717) is 0 Å². The molecule has 1 amide bonds. The molecule has 12 unspecified atom stereocenters. The molecular formula is C23H45FN8O10. The van der Waals surface area contributed by atoms with Gasteiger partial charge in [0.05, 0.1) is 36.9 Å². The number of hydrogen-bond acceptors (Lipinski definition) is 15. The largest absolute Gasteiger partial charge is 0.394 e. The predicted octanol–water partition coefficient (Wildman–Crippen LogP) is -6.93. The second-order valence-electron chi connectivity index (χ2n) is 10.8.